The summed E-state index contributed by atoms with van der Waals surface area (Å²) in [7, 11) is 0. The fraction of sp³-hybridized carbons (Fsp3) is 0.500. The van der Waals surface area contributed by atoms with E-state index in [1.807, 2.05) is 23.9 Å². The van der Waals surface area contributed by atoms with E-state index in [-0.39, 0.29) is 0 Å². The molecule has 6 heteroatoms. The van der Waals surface area contributed by atoms with Gasteiger partial charge in [-0.2, -0.15) is 11.8 Å². The highest BCUT2D eigenvalue weighted by Crippen LogP contribution is 2.37. The normalized spacial score (nSPS) is 23.4. The van der Waals surface area contributed by atoms with Gasteiger partial charge < -0.3 is 9.55 Å². The zero-order chi connectivity index (χ0) is 14.3. The van der Waals surface area contributed by atoms with Crippen molar-refractivity contribution in [3.63, 3.8) is 0 Å². The molecular weight excluding hydrogens is 331 g/mol. The molecule has 1 aromatic heterocycles. The highest BCUT2D eigenvalue weighted by atomic mass is 35.5. The van der Waals surface area contributed by atoms with E-state index in [1.54, 1.807) is 0 Å². The summed E-state index contributed by atoms with van der Waals surface area (Å²) < 4.78 is 3.00. The maximum absolute atomic E-state index is 6.17. The maximum atomic E-state index is 6.17. The summed E-state index contributed by atoms with van der Waals surface area (Å²) in [5, 5.41) is 1.87. The fourth-order valence-corrected chi connectivity index (χ4v) is 4.55. The largest absolute Gasteiger partial charge is 0.331 e. The monoisotopic (exact) mass is 346 g/mol. The van der Waals surface area contributed by atoms with Gasteiger partial charge in [0.25, 0.3) is 0 Å². The number of hydrogen-bond donors (Lipinski definition) is 1. The highest BCUT2D eigenvalue weighted by Gasteiger charge is 2.24. The Labute approximate surface area is 137 Å². The van der Waals surface area contributed by atoms with Crippen molar-refractivity contribution < 1.29 is 0 Å². The molecule has 1 N–H and O–H groups in total. The molecule has 1 fully saturated rings. The Hall–Kier alpha value is -0.160. The Morgan fingerprint density at radius 2 is 2.05 bits per heavy atom. The molecule has 2 nitrogen and oxygen atoms in total. The van der Waals surface area contributed by atoms with Crippen molar-refractivity contribution in [3.05, 3.63) is 26.9 Å². The number of H-pyrrole nitrogens is 1. The number of nitrogens with zero attached hydrogens (tertiary/aromatic N) is 1. The molecule has 0 bridgehead atoms. The van der Waals surface area contributed by atoms with Crippen LogP contribution in [0.5, 0.6) is 0 Å². The van der Waals surface area contributed by atoms with Gasteiger partial charge in [-0.3, -0.25) is 0 Å². The smallest absolute Gasteiger partial charge is 0.178 e. The number of hydrogen-bond acceptors (Lipinski definition) is 2. The summed E-state index contributed by atoms with van der Waals surface area (Å²) in [6.45, 7) is 0. The number of nitrogens with one attached hydrogen (secondary N) is 1. The van der Waals surface area contributed by atoms with Crippen LogP contribution in [0.15, 0.2) is 12.1 Å². The topological polar surface area (TPSA) is 20.7 Å². The lowest BCUT2D eigenvalue weighted by Gasteiger charge is -2.29. The van der Waals surface area contributed by atoms with E-state index in [1.165, 1.54) is 25.7 Å². The lowest BCUT2D eigenvalue weighted by Crippen LogP contribution is -2.20. The van der Waals surface area contributed by atoms with Crippen LogP contribution in [0.2, 0.25) is 10.0 Å². The predicted molar refractivity (Wildman–Crippen MR) is 92.0 cm³/mol. The molecule has 2 unspecified atom stereocenters. The molecule has 1 saturated carbocycles. The van der Waals surface area contributed by atoms with E-state index in [4.69, 9.17) is 35.4 Å². The second kappa shape index (κ2) is 5.91. The summed E-state index contributed by atoms with van der Waals surface area (Å²) in [5.41, 5.74) is 2.03. The first-order valence-corrected chi connectivity index (χ1v) is 9.17. The van der Waals surface area contributed by atoms with Crippen LogP contribution in [0, 0.1) is 4.77 Å². The van der Waals surface area contributed by atoms with Crippen LogP contribution in [-0.2, 0) is 0 Å². The number of rotatable bonds is 2. The van der Waals surface area contributed by atoms with Crippen molar-refractivity contribution in [2.24, 2.45) is 0 Å². The molecule has 0 saturated heterocycles. The lowest BCUT2D eigenvalue weighted by molar-refractivity contribution is 0.365. The summed E-state index contributed by atoms with van der Waals surface area (Å²) >= 11 is 19.7. The van der Waals surface area contributed by atoms with Gasteiger partial charge in [0.05, 0.1) is 21.1 Å². The van der Waals surface area contributed by atoms with Gasteiger partial charge >= 0.3 is 0 Å². The number of fused-ring (bicyclic) bond motifs is 1. The first-order valence-electron chi connectivity index (χ1n) is 6.72. The quantitative estimate of drug-likeness (QED) is 0.688. The van der Waals surface area contributed by atoms with Crippen molar-refractivity contribution in [2.75, 3.05) is 6.26 Å². The summed E-state index contributed by atoms with van der Waals surface area (Å²) in [4.78, 5) is 3.25. The third kappa shape index (κ3) is 2.63. The van der Waals surface area contributed by atoms with Crippen molar-refractivity contribution in [3.8, 4) is 0 Å². The van der Waals surface area contributed by atoms with E-state index in [0.717, 1.165) is 21.1 Å². The Morgan fingerprint density at radius 3 is 2.80 bits per heavy atom. The molecule has 0 aliphatic heterocycles. The summed E-state index contributed by atoms with van der Waals surface area (Å²) in [6.07, 6.45) is 7.10. The zero-order valence-electron chi connectivity index (χ0n) is 11.2. The first kappa shape index (κ1) is 14.8. The molecule has 1 heterocycles. The molecule has 0 radical (unpaired) electrons. The number of aromatic nitrogens is 2. The van der Waals surface area contributed by atoms with Crippen LogP contribution in [0.3, 0.4) is 0 Å². The Morgan fingerprint density at radius 1 is 1.30 bits per heavy atom. The van der Waals surface area contributed by atoms with Gasteiger partial charge in [-0.1, -0.05) is 29.6 Å². The average Bonchev–Trinajstić information content (AvgIpc) is 2.74. The molecule has 1 aromatic carbocycles. The number of aromatic amines is 1. The SMILES string of the molecule is CSC1CCCC(n2c(=S)[nH]c3cc(Cl)c(Cl)cc32)C1. The van der Waals surface area contributed by atoms with Crippen molar-refractivity contribution in [1.29, 1.82) is 0 Å². The van der Waals surface area contributed by atoms with Crippen LogP contribution in [0.1, 0.15) is 31.7 Å². The number of halogens is 2. The van der Waals surface area contributed by atoms with Gasteiger partial charge in [0.1, 0.15) is 0 Å². The lowest BCUT2D eigenvalue weighted by atomic mass is 9.94. The molecule has 0 spiro atoms. The highest BCUT2D eigenvalue weighted by molar-refractivity contribution is 7.99. The van der Waals surface area contributed by atoms with Crippen LogP contribution >= 0.6 is 47.2 Å². The first-order chi connectivity index (χ1) is 9.60. The minimum Gasteiger partial charge on any atom is -0.331 e. The standard InChI is InChI=1S/C14H16Cl2N2S2/c1-20-9-4-2-3-8(5-9)18-13-7-11(16)10(15)6-12(13)17-14(18)19/h6-9H,2-5H2,1H3,(H,17,19). The summed E-state index contributed by atoms with van der Waals surface area (Å²) in [6, 6.07) is 4.24. The molecule has 108 valence electrons. The fourth-order valence-electron chi connectivity index (χ4n) is 3.05. The van der Waals surface area contributed by atoms with Gasteiger partial charge in [-0.05, 0) is 49.9 Å². The van der Waals surface area contributed by atoms with Gasteiger partial charge in [-0.15, -0.1) is 0 Å². The van der Waals surface area contributed by atoms with Gasteiger partial charge in [0, 0.05) is 11.3 Å². The Balaban J connectivity index is 2.08. The Bertz CT molecular complexity index is 692. The van der Waals surface area contributed by atoms with Gasteiger partial charge in [-0.25, -0.2) is 0 Å². The van der Waals surface area contributed by atoms with E-state index in [9.17, 15) is 0 Å². The second-order valence-corrected chi connectivity index (χ2v) is 7.60. The third-order valence-electron chi connectivity index (χ3n) is 4.06. The van der Waals surface area contributed by atoms with Gasteiger partial charge in [0.15, 0.2) is 4.77 Å². The van der Waals surface area contributed by atoms with Crippen LogP contribution in [0.25, 0.3) is 11.0 Å². The van der Waals surface area contributed by atoms with Crippen molar-refractivity contribution in [2.45, 2.75) is 37.0 Å². The minimum absolute atomic E-state index is 0.458. The molecule has 1 aliphatic carbocycles. The maximum Gasteiger partial charge on any atom is 0.178 e. The molecule has 1 aliphatic rings. The van der Waals surface area contributed by atoms with Gasteiger partial charge in [0.2, 0.25) is 0 Å². The molecule has 2 aromatic rings. The molecule has 0 amide bonds. The number of imidazole rings is 1. The van der Waals surface area contributed by atoms with Crippen LogP contribution in [-0.4, -0.2) is 21.1 Å². The van der Waals surface area contributed by atoms with E-state index in [2.05, 4.69) is 15.8 Å². The van der Waals surface area contributed by atoms with Crippen molar-refractivity contribution in [1.82, 2.24) is 9.55 Å². The molecule has 2 atom stereocenters. The summed E-state index contributed by atoms with van der Waals surface area (Å²) in [5.74, 6) is 0. The zero-order valence-corrected chi connectivity index (χ0v) is 14.3. The Kier molecular flexibility index (Phi) is 4.37. The minimum atomic E-state index is 0.458. The number of benzene rings is 1. The van der Waals surface area contributed by atoms with Crippen LogP contribution < -0.4 is 0 Å². The third-order valence-corrected chi connectivity index (χ3v) is 6.17. The van der Waals surface area contributed by atoms with E-state index in [0.29, 0.717) is 16.1 Å². The molecule has 20 heavy (non-hydrogen) atoms. The average molecular weight is 347 g/mol. The molecular formula is C14H16Cl2N2S2. The van der Waals surface area contributed by atoms with E-state index < -0.39 is 0 Å². The molecule has 3 rings (SSSR count). The number of thioether (sulfide) groups is 1. The van der Waals surface area contributed by atoms with E-state index >= 15 is 0 Å². The van der Waals surface area contributed by atoms with Crippen LogP contribution in [0.4, 0.5) is 0 Å². The second-order valence-electron chi connectivity index (χ2n) is 5.26. The predicted octanol–water partition coefficient (Wildman–Crippen LogP) is 5.85. The van der Waals surface area contributed by atoms with Crippen molar-refractivity contribution >= 4 is 58.2 Å².